The van der Waals surface area contributed by atoms with Crippen molar-refractivity contribution in [1.29, 1.82) is 0 Å². The molecule has 0 spiro atoms. The van der Waals surface area contributed by atoms with Gasteiger partial charge in [0.2, 0.25) is 0 Å². The third-order valence-corrected chi connectivity index (χ3v) is 6.81. The average molecular weight is 567 g/mol. The molecule has 0 aliphatic carbocycles. The molecule has 0 saturated carbocycles. The van der Waals surface area contributed by atoms with Gasteiger partial charge in [0.05, 0.1) is 26.3 Å². The molecule has 0 radical (unpaired) electrons. The van der Waals surface area contributed by atoms with Gasteiger partial charge in [0.25, 0.3) is 5.91 Å². The molecule has 0 bridgehead atoms. The molecule has 2 aromatic carbocycles. The van der Waals surface area contributed by atoms with E-state index < -0.39 is 0 Å². The Morgan fingerprint density at radius 1 is 1.32 bits per heavy atom. The molecule has 0 unspecified atom stereocenters. The fourth-order valence-corrected chi connectivity index (χ4v) is 4.72. The molecule has 8 heteroatoms. The highest BCUT2D eigenvalue weighted by Gasteiger charge is 2.33. The van der Waals surface area contributed by atoms with Crippen molar-refractivity contribution in [1.82, 2.24) is 0 Å². The Bertz CT molecular complexity index is 920. The van der Waals surface area contributed by atoms with Crippen LogP contribution in [0, 0.1) is 3.57 Å². The second-order valence-corrected chi connectivity index (χ2v) is 9.11. The van der Waals surface area contributed by atoms with Crippen molar-refractivity contribution < 1.29 is 9.53 Å². The maximum Gasteiger partial charge on any atom is 0.270 e. The molecular weight excluding hydrogens is 557 g/mol. The molecular formula is C17H10BrClINO2S2. The highest BCUT2D eigenvalue weighted by molar-refractivity contribution is 14.1. The summed E-state index contributed by atoms with van der Waals surface area (Å²) in [7, 11) is 1.63. The summed E-state index contributed by atoms with van der Waals surface area (Å²) in [6, 6.07) is 11.1. The predicted octanol–water partition coefficient (Wildman–Crippen LogP) is 6.12. The van der Waals surface area contributed by atoms with Crippen molar-refractivity contribution in [2.75, 3.05) is 12.0 Å². The van der Waals surface area contributed by atoms with E-state index in [1.54, 1.807) is 25.3 Å². The lowest BCUT2D eigenvalue weighted by molar-refractivity contribution is -0.113. The van der Waals surface area contributed by atoms with E-state index in [9.17, 15) is 4.79 Å². The SMILES string of the molecule is COc1ccc(/C=C2\SC(=S)N(c3ccc(Br)c(Cl)c3)C2=O)cc1I. The number of benzene rings is 2. The van der Waals surface area contributed by atoms with Crippen LogP contribution in [0.1, 0.15) is 5.56 Å². The van der Waals surface area contributed by atoms with Crippen molar-refractivity contribution in [3.05, 3.63) is 59.9 Å². The van der Waals surface area contributed by atoms with Crippen molar-refractivity contribution in [2.45, 2.75) is 0 Å². The highest BCUT2D eigenvalue weighted by atomic mass is 127. The zero-order chi connectivity index (χ0) is 18.1. The molecule has 128 valence electrons. The number of amides is 1. The minimum absolute atomic E-state index is 0.154. The van der Waals surface area contributed by atoms with Crippen LogP contribution >= 0.6 is 74.1 Å². The summed E-state index contributed by atoms with van der Waals surface area (Å²) in [5, 5.41) is 0.528. The van der Waals surface area contributed by atoms with Gasteiger partial charge in [-0.1, -0.05) is 41.6 Å². The first-order chi connectivity index (χ1) is 11.9. The number of carbonyl (C=O) groups excluding carboxylic acids is 1. The Morgan fingerprint density at radius 2 is 2.08 bits per heavy atom. The van der Waals surface area contributed by atoms with Crippen LogP contribution in [0.25, 0.3) is 6.08 Å². The maximum atomic E-state index is 12.8. The van der Waals surface area contributed by atoms with E-state index in [0.29, 0.717) is 19.9 Å². The molecule has 1 aliphatic rings. The topological polar surface area (TPSA) is 29.5 Å². The number of ether oxygens (including phenoxy) is 1. The van der Waals surface area contributed by atoms with Gasteiger partial charge in [-0.2, -0.15) is 0 Å². The second-order valence-electron chi connectivity index (χ2n) is 5.01. The highest BCUT2D eigenvalue weighted by Crippen LogP contribution is 2.38. The van der Waals surface area contributed by atoms with Crippen LogP contribution < -0.4 is 9.64 Å². The molecule has 1 saturated heterocycles. The Hall–Kier alpha value is -0.610. The van der Waals surface area contributed by atoms with E-state index in [0.717, 1.165) is 19.4 Å². The van der Waals surface area contributed by atoms with Crippen LogP contribution in [0.3, 0.4) is 0 Å². The van der Waals surface area contributed by atoms with Crippen molar-refractivity contribution in [2.24, 2.45) is 0 Å². The number of hydrogen-bond acceptors (Lipinski definition) is 4. The summed E-state index contributed by atoms with van der Waals surface area (Å²) >= 11 is 18.3. The quantitative estimate of drug-likeness (QED) is 0.254. The lowest BCUT2D eigenvalue weighted by Gasteiger charge is -2.15. The fourth-order valence-electron chi connectivity index (χ4n) is 2.24. The van der Waals surface area contributed by atoms with Gasteiger partial charge in [0, 0.05) is 4.47 Å². The number of methoxy groups -OCH3 is 1. The van der Waals surface area contributed by atoms with Crippen molar-refractivity contribution in [3.63, 3.8) is 0 Å². The lowest BCUT2D eigenvalue weighted by atomic mass is 10.2. The van der Waals surface area contributed by atoms with E-state index in [1.807, 2.05) is 24.3 Å². The number of thiocarbonyl (C=S) groups is 1. The first-order valence-electron chi connectivity index (χ1n) is 6.97. The zero-order valence-electron chi connectivity index (χ0n) is 12.8. The summed E-state index contributed by atoms with van der Waals surface area (Å²) in [4.78, 5) is 14.9. The monoisotopic (exact) mass is 565 g/mol. The van der Waals surface area contributed by atoms with E-state index in [-0.39, 0.29) is 5.91 Å². The van der Waals surface area contributed by atoms with Gasteiger partial charge in [-0.25, -0.2) is 0 Å². The van der Waals surface area contributed by atoms with Crippen LogP contribution in [0.2, 0.25) is 5.02 Å². The number of carbonyl (C=O) groups is 1. The molecule has 1 fully saturated rings. The Kier molecular flexibility index (Phi) is 6.10. The molecule has 1 heterocycles. The van der Waals surface area contributed by atoms with E-state index in [2.05, 4.69) is 38.5 Å². The molecule has 3 rings (SSSR count). The second kappa shape index (κ2) is 7.96. The van der Waals surface area contributed by atoms with Gasteiger partial charge in [0.15, 0.2) is 4.32 Å². The molecule has 0 atom stereocenters. The van der Waals surface area contributed by atoms with Crippen LogP contribution in [-0.4, -0.2) is 17.3 Å². The summed E-state index contributed by atoms with van der Waals surface area (Å²) in [5.41, 5.74) is 1.57. The molecule has 0 N–H and O–H groups in total. The number of thioether (sulfide) groups is 1. The first kappa shape index (κ1) is 19.2. The maximum absolute atomic E-state index is 12.8. The fraction of sp³-hybridized carbons (Fsp3) is 0.0588. The third-order valence-electron chi connectivity index (χ3n) is 3.43. The first-order valence-corrected chi connectivity index (χ1v) is 10.4. The summed E-state index contributed by atoms with van der Waals surface area (Å²) in [6.45, 7) is 0. The molecule has 0 aromatic heterocycles. The minimum Gasteiger partial charge on any atom is -0.496 e. The lowest BCUT2D eigenvalue weighted by Crippen LogP contribution is -2.27. The van der Waals surface area contributed by atoms with Gasteiger partial charge in [-0.15, -0.1) is 0 Å². The number of hydrogen-bond donors (Lipinski definition) is 0. The number of halogens is 3. The van der Waals surface area contributed by atoms with Crippen LogP contribution in [0.5, 0.6) is 5.75 Å². The van der Waals surface area contributed by atoms with Crippen molar-refractivity contribution in [3.8, 4) is 5.75 Å². The van der Waals surface area contributed by atoms with E-state index >= 15 is 0 Å². The van der Waals surface area contributed by atoms with E-state index in [1.165, 1.54) is 16.7 Å². The zero-order valence-corrected chi connectivity index (χ0v) is 18.9. The van der Waals surface area contributed by atoms with Crippen LogP contribution in [0.15, 0.2) is 45.8 Å². The molecule has 25 heavy (non-hydrogen) atoms. The molecule has 1 aliphatic heterocycles. The van der Waals surface area contributed by atoms with Crippen molar-refractivity contribution >= 4 is 96.1 Å². The Labute approximate surface area is 182 Å². The number of anilines is 1. The van der Waals surface area contributed by atoms with E-state index in [4.69, 9.17) is 28.6 Å². The molecule has 1 amide bonds. The summed E-state index contributed by atoms with van der Waals surface area (Å²) in [6.07, 6.45) is 1.83. The Morgan fingerprint density at radius 3 is 2.72 bits per heavy atom. The summed E-state index contributed by atoms with van der Waals surface area (Å²) < 4.78 is 7.49. The molecule has 2 aromatic rings. The van der Waals surface area contributed by atoms with Gasteiger partial charge in [-0.3, -0.25) is 9.69 Å². The van der Waals surface area contributed by atoms with Gasteiger partial charge in [0.1, 0.15) is 5.75 Å². The standard InChI is InChI=1S/C17H10BrClINO2S2/c1-23-14-5-2-9(6-13(14)20)7-15-16(22)21(17(24)25-15)10-3-4-11(18)12(19)8-10/h2-8H,1H3/b15-7-. The van der Waals surface area contributed by atoms with Crippen LogP contribution in [0.4, 0.5) is 5.69 Å². The predicted molar refractivity (Wildman–Crippen MR) is 121 cm³/mol. The Balaban J connectivity index is 1.92. The van der Waals surface area contributed by atoms with Gasteiger partial charge < -0.3 is 4.74 Å². The smallest absolute Gasteiger partial charge is 0.270 e. The van der Waals surface area contributed by atoms with Gasteiger partial charge in [-0.05, 0) is 80.5 Å². The minimum atomic E-state index is -0.154. The molecule has 3 nitrogen and oxygen atoms in total. The number of nitrogens with zero attached hydrogens (tertiary/aromatic N) is 1. The number of rotatable bonds is 3. The largest absolute Gasteiger partial charge is 0.496 e. The van der Waals surface area contributed by atoms with Crippen LogP contribution in [-0.2, 0) is 4.79 Å². The van der Waals surface area contributed by atoms with Gasteiger partial charge >= 0.3 is 0 Å². The average Bonchev–Trinajstić information content (AvgIpc) is 2.84. The third kappa shape index (κ3) is 4.05. The summed E-state index contributed by atoms with van der Waals surface area (Å²) in [5.74, 6) is 0.647. The normalized spacial score (nSPS) is 16.0.